The van der Waals surface area contributed by atoms with E-state index in [4.69, 9.17) is 0 Å². The van der Waals surface area contributed by atoms with Crippen molar-refractivity contribution in [1.82, 2.24) is 10.2 Å². The lowest BCUT2D eigenvalue weighted by molar-refractivity contribution is -0.140. The van der Waals surface area contributed by atoms with Crippen molar-refractivity contribution in [2.75, 3.05) is 10.8 Å². The molecule has 0 radical (unpaired) electrons. The number of anilines is 1. The predicted octanol–water partition coefficient (Wildman–Crippen LogP) is 4.77. The quantitative estimate of drug-likeness (QED) is 0.416. The zero-order chi connectivity index (χ0) is 26.7. The van der Waals surface area contributed by atoms with Crippen LogP contribution in [0.2, 0.25) is 0 Å². The zero-order valence-electron chi connectivity index (χ0n) is 21.9. The van der Waals surface area contributed by atoms with Crippen LogP contribution in [0, 0.1) is 6.92 Å². The van der Waals surface area contributed by atoms with Gasteiger partial charge in [0, 0.05) is 30.9 Å². The van der Waals surface area contributed by atoms with E-state index in [1.54, 1.807) is 24.0 Å². The van der Waals surface area contributed by atoms with E-state index in [2.05, 4.69) is 5.32 Å². The first-order valence-electron chi connectivity index (χ1n) is 12.8. The number of rotatable bonds is 10. The van der Waals surface area contributed by atoms with Gasteiger partial charge in [0.25, 0.3) is 10.0 Å². The molecule has 0 spiro atoms. The Morgan fingerprint density at radius 2 is 1.68 bits per heavy atom. The maximum absolute atomic E-state index is 13.4. The Hall–Kier alpha value is -3.39. The lowest BCUT2D eigenvalue weighted by Crippen LogP contribution is -2.49. The molecule has 0 saturated heterocycles. The first-order chi connectivity index (χ1) is 17.6. The maximum atomic E-state index is 13.4. The van der Waals surface area contributed by atoms with Gasteiger partial charge in [-0.05, 0) is 56.7 Å². The summed E-state index contributed by atoms with van der Waals surface area (Å²) in [4.78, 5) is 28.3. The number of sulfonamides is 1. The number of aryl methyl sites for hydroxylation is 1. The Bertz CT molecular complexity index is 1400. The van der Waals surface area contributed by atoms with Gasteiger partial charge in [0.2, 0.25) is 11.8 Å². The molecule has 2 amide bonds. The topological polar surface area (TPSA) is 86.8 Å². The van der Waals surface area contributed by atoms with Crippen molar-refractivity contribution in [3.63, 3.8) is 0 Å². The van der Waals surface area contributed by atoms with Crippen LogP contribution in [0.3, 0.4) is 0 Å². The minimum absolute atomic E-state index is 0.0102. The van der Waals surface area contributed by atoms with E-state index in [9.17, 15) is 18.0 Å². The normalized spacial score (nSPS) is 15.4. The Morgan fingerprint density at radius 3 is 2.35 bits per heavy atom. The van der Waals surface area contributed by atoms with E-state index in [0.717, 1.165) is 28.3 Å². The number of hydrogen-bond donors (Lipinski definition) is 1. The highest BCUT2D eigenvalue weighted by atomic mass is 32.2. The van der Waals surface area contributed by atoms with Crippen molar-refractivity contribution >= 4 is 38.3 Å². The standard InChI is InChI=1S/C29H35N3O4S/c1-5-21(3)30-29(34)22(4)31(19-23-16-14-20(2)15-17-23)27(33)13-8-18-32-25-11-6-9-24-10-7-12-26(28(24)25)37(32,35)36/h6-7,9-12,14-17,21-22H,5,8,13,18-19H2,1-4H3,(H,30,34). The van der Waals surface area contributed by atoms with Crippen LogP contribution in [0.5, 0.6) is 0 Å². The average molecular weight is 522 g/mol. The summed E-state index contributed by atoms with van der Waals surface area (Å²) in [5.74, 6) is -0.376. The van der Waals surface area contributed by atoms with E-state index < -0.39 is 16.1 Å². The van der Waals surface area contributed by atoms with Crippen LogP contribution < -0.4 is 9.62 Å². The Balaban J connectivity index is 1.49. The van der Waals surface area contributed by atoms with Gasteiger partial charge >= 0.3 is 0 Å². The van der Waals surface area contributed by atoms with Crippen LogP contribution in [0.25, 0.3) is 10.8 Å². The third kappa shape index (κ3) is 5.49. The summed E-state index contributed by atoms with van der Waals surface area (Å²) in [6.45, 7) is 8.17. The molecule has 0 fully saturated rings. The number of nitrogens with zero attached hydrogens (tertiary/aromatic N) is 2. The molecule has 4 rings (SSSR count). The molecular weight excluding hydrogens is 486 g/mol. The Kier molecular flexibility index (Phi) is 7.87. The SMILES string of the molecule is CCC(C)NC(=O)C(C)N(Cc1ccc(C)cc1)C(=O)CCCN1c2cccc3cccc(c23)S1(=O)=O. The number of hydrogen-bond acceptors (Lipinski definition) is 4. The van der Waals surface area contributed by atoms with Gasteiger partial charge in [-0.3, -0.25) is 13.9 Å². The number of amides is 2. The molecule has 2 atom stereocenters. The fourth-order valence-corrected chi connectivity index (χ4v) is 6.40. The zero-order valence-corrected chi connectivity index (χ0v) is 22.7. The van der Waals surface area contributed by atoms with Gasteiger partial charge in [0.1, 0.15) is 6.04 Å². The van der Waals surface area contributed by atoms with Gasteiger partial charge in [-0.1, -0.05) is 61.0 Å². The van der Waals surface area contributed by atoms with Crippen LogP contribution >= 0.6 is 0 Å². The molecule has 2 unspecified atom stereocenters. The van der Waals surface area contributed by atoms with Crippen LogP contribution in [-0.2, 0) is 26.2 Å². The molecule has 1 aliphatic rings. The smallest absolute Gasteiger partial charge is 0.265 e. The lowest BCUT2D eigenvalue weighted by Gasteiger charge is -2.30. The average Bonchev–Trinajstić information content (AvgIpc) is 3.10. The fourth-order valence-electron chi connectivity index (χ4n) is 4.65. The number of carbonyl (C=O) groups excluding carboxylic acids is 2. The molecule has 196 valence electrons. The number of benzene rings is 3. The first kappa shape index (κ1) is 26.7. The molecule has 8 heteroatoms. The molecule has 37 heavy (non-hydrogen) atoms. The van der Waals surface area contributed by atoms with Crippen LogP contribution in [0.1, 0.15) is 51.2 Å². The summed E-state index contributed by atoms with van der Waals surface area (Å²) < 4.78 is 27.9. The summed E-state index contributed by atoms with van der Waals surface area (Å²) in [5, 5.41) is 4.58. The largest absolute Gasteiger partial charge is 0.352 e. The molecule has 0 saturated carbocycles. The van der Waals surface area contributed by atoms with Gasteiger partial charge in [-0.2, -0.15) is 0 Å². The lowest BCUT2D eigenvalue weighted by atomic mass is 10.1. The van der Waals surface area contributed by atoms with Crippen molar-refractivity contribution in [2.24, 2.45) is 0 Å². The second kappa shape index (κ2) is 10.9. The highest BCUT2D eigenvalue weighted by Crippen LogP contribution is 2.42. The minimum atomic E-state index is -3.67. The van der Waals surface area contributed by atoms with Crippen molar-refractivity contribution in [3.8, 4) is 0 Å². The van der Waals surface area contributed by atoms with Crippen LogP contribution in [0.15, 0.2) is 65.6 Å². The molecule has 1 aliphatic heterocycles. The fraction of sp³-hybridized carbons (Fsp3) is 0.379. The van der Waals surface area contributed by atoms with Crippen molar-refractivity contribution in [3.05, 3.63) is 71.8 Å². The molecule has 0 aromatic heterocycles. The third-order valence-electron chi connectivity index (χ3n) is 7.07. The van der Waals surface area contributed by atoms with Gasteiger partial charge in [0.05, 0.1) is 10.6 Å². The summed E-state index contributed by atoms with van der Waals surface area (Å²) in [5.41, 5.74) is 2.71. The molecule has 3 aromatic rings. The highest BCUT2D eigenvalue weighted by Gasteiger charge is 2.35. The van der Waals surface area contributed by atoms with Gasteiger partial charge < -0.3 is 10.2 Å². The molecule has 7 nitrogen and oxygen atoms in total. The summed E-state index contributed by atoms with van der Waals surface area (Å²) >= 11 is 0. The van der Waals surface area contributed by atoms with Crippen molar-refractivity contribution < 1.29 is 18.0 Å². The second-order valence-corrected chi connectivity index (χ2v) is 11.6. The van der Waals surface area contributed by atoms with Crippen LogP contribution in [0.4, 0.5) is 5.69 Å². The van der Waals surface area contributed by atoms with E-state index in [1.165, 1.54) is 4.31 Å². The summed E-state index contributed by atoms with van der Waals surface area (Å²) in [6, 6.07) is 18.1. The number of carbonyl (C=O) groups is 2. The van der Waals surface area contributed by atoms with Gasteiger partial charge in [-0.15, -0.1) is 0 Å². The molecular formula is C29H35N3O4S. The molecule has 1 heterocycles. The second-order valence-electron chi connectivity index (χ2n) is 9.81. The molecule has 3 aromatic carbocycles. The Labute approximate surface area is 219 Å². The van der Waals surface area contributed by atoms with E-state index in [0.29, 0.717) is 23.5 Å². The Morgan fingerprint density at radius 1 is 1.00 bits per heavy atom. The molecule has 0 bridgehead atoms. The van der Waals surface area contributed by atoms with Crippen molar-refractivity contribution in [2.45, 2.75) is 70.5 Å². The predicted molar refractivity (Wildman–Crippen MR) is 147 cm³/mol. The van der Waals surface area contributed by atoms with Crippen LogP contribution in [-0.4, -0.2) is 43.8 Å². The molecule has 1 N–H and O–H groups in total. The van der Waals surface area contributed by atoms with E-state index >= 15 is 0 Å². The number of nitrogens with one attached hydrogen (secondary N) is 1. The van der Waals surface area contributed by atoms with E-state index in [-0.39, 0.29) is 30.8 Å². The van der Waals surface area contributed by atoms with Crippen molar-refractivity contribution in [1.29, 1.82) is 0 Å². The molecule has 0 aliphatic carbocycles. The summed E-state index contributed by atoms with van der Waals surface area (Å²) in [6.07, 6.45) is 1.27. The maximum Gasteiger partial charge on any atom is 0.265 e. The van der Waals surface area contributed by atoms with Gasteiger partial charge in [0.15, 0.2) is 0 Å². The third-order valence-corrected chi connectivity index (χ3v) is 8.93. The summed E-state index contributed by atoms with van der Waals surface area (Å²) in [7, 11) is -3.67. The highest BCUT2D eigenvalue weighted by molar-refractivity contribution is 7.93. The monoisotopic (exact) mass is 521 g/mol. The first-order valence-corrected chi connectivity index (χ1v) is 14.3. The minimum Gasteiger partial charge on any atom is -0.352 e. The van der Waals surface area contributed by atoms with E-state index in [1.807, 2.05) is 69.3 Å². The van der Waals surface area contributed by atoms with Gasteiger partial charge in [-0.25, -0.2) is 8.42 Å².